The van der Waals surface area contributed by atoms with Crippen LogP contribution in [0.3, 0.4) is 0 Å². The number of hydrogen-bond acceptors (Lipinski definition) is 11. The van der Waals surface area contributed by atoms with Gasteiger partial charge in [0.05, 0.1) is 77.8 Å². The van der Waals surface area contributed by atoms with E-state index in [9.17, 15) is 4.79 Å². The Hall–Kier alpha value is -5.23. The molecule has 0 bridgehead atoms. The van der Waals surface area contributed by atoms with Crippen molar-refractivity contribution < 1.29 is 28.5 Å². The third-order valence-corrected chi connectivity index (χ3v) is 14.8. The number of ether oxygens (including phenoxy) is 5. The first-order chi connectivity index (χ1) is 36.9. The quantitative estimate of drug-likeness (QED) is 0.0359. The largest absolute Gasteiger partial charge is 0.378 e. The Morgan fingerprint density at radius 1 is 0.733 bits per heavy atom. The number of benzene rings is 5. The third kappa shape index (κ3) is 16.6. The number of halogens is 2. The number of aromatic nitrogens is 4. The first kappa shape index (κ1) is 56.0. The first-order valence-corrected chi connectivity index (χ1v) is 28.0. The Balaban J connectivity index is 0.000000216. The first-order valence-electron chi connectivity index (χ1n) is 26.3. The molecule has 5 aromatic carbocycles. The Labute approximate surface area is 455 Å². The van der Waals surface area contributed by atoms with Gasteiger partial charge in [0.15, 0.2) is 0 Å². The minimum atomic E-state index is -0.191. The summed E-state index contributed by atoms with van der Waals surface area (Å²) in [6.07, 6.45) is 6.02. The van der Waals surface area contributed by atoms with E-state index in [0.717, 1.165) is 88.3 Å². The van der Waals surface area contributed by atoms with Crippen molar-refractivity contribution in [2.24, 2.45) is 0 Å². The molecule has 1 saturated heterocycles. The Kier molecular flexibility index (Phi) is 22.3. The maximum atomic E-state index is 11.0. The van der Waals surface area contributed by atoms with Gasteiger partial charge < -0.3 is 38.5 Å². The molecule has 3 aromatic heterocycles. The molecule has 9 rings (SSSR count). The van der Waals surface area contributed by atoms with Crippen molar-refractivity contribution >= 4 is 73.5 Å². The summed E-state index contributed by atoms with van der Waals surface area (Å²) in [5, 5.41) is 20.2. The van der Waals surface area contributed by atoms with Crippen LogP contribution >= 0.6 is 34.5 Å². The highest BCUT2D eigenvalue weighted by molar-refractivity contribution is 7.13. The third-order valence-electron chi connectivity index (χ3n) is 13.3. The van der Waals surface area contributed by atoms with Crippen LogP contribution < -0.4 is 5.32 Å². The molecule has 75 heavy (non-hydrogen) atoms. The van der Waals surface area contributed by atoms with Gasteiger partial charge in [0, 0.05) is 101 Å². The van der Waals surface area contributed by atoms with E-state index in [2.05, 4.69) is 123 Å². The fourth-order valence-corrected chi connectivity index (χ4v) is 10.5. The number of nitrogens with zero attached hydrogens (tertiary/aromatic N) is 6. The number of piperazine rings is 1. The van der Waals surface area contributed by atoms with Gasteiger partial charge >= 0.3 is 0 Å². The van der Waals surface area contributed by atoms with E-state index in [0.29, 0.717) is 82.6 Å². The number of rotatable bonds is 29. The van der Waals surface area contributed by atoms with Gasteiger partial charge in [-0.2, -0.15) is 0 Å². The van der Waals surface area contributed by atoms with Crippen LogP contribution in [0, 0.1) is 0 Å². The second-order valence-electron chi connectivity index (χ2n) is 18.6. The minimum Gasteiger partial charge on any atom is -0.378 e. The van der Waals surface area contributed by atoms with Crippen LogP contribution in [-0.2, 0) is 61.1 Å². The molecule has 1 N–H and O–H groups in total. The summed E-state index contributed by atoms with van der Waals surface area (Å²) in [7, 11) is 0. The van der Waals surface area contributed by atoms with E-state index in [4.69, 9.17) is 46.9 Å². The van der Waals surface area contributed by atoms with Gasteiger partial charge in [0.1, 0.15) is 0 Å². The van der Waals surface area contributed by atoms with Crippen molar-refractivity contribution in [3.63, 3.8) is 0 Å². The fourth-order valence-electron chi connectivity index (χ4n) is 9.23. The molecule has 4 heterocycles. The Morgan fingerprint density at radius 2 is 1.49 bits per heavy atom. The lowest BCUT2D eigenvalue weighted by atomic mass is 10.1. The van der Waals surface area contributed by atoms with E-state index in [1.165, 1.54) is 48.6 Å². The lowest BCUT2D eigenvalue weighted by Crippen LogP contribution is -2.47. The van der Waals surface area contributed by atoms with E-state index in [1.807, 2.05) is 35.1 Å². The zero-order chi connectivity index (χ0) is 52.0. The molecular formula is C59H71Cl2N7O6S. The SMILES string of the molecule is CCCCc1cn(CCOCCOCCOCCOCCNCc2ccc3c(c2)c2ccc(-c4cccs4)cc2n3CC)nn1.O=CN1CCN(CC(OCc2ccc3ccccc3c2)c2ccc(Cl)cc2Cl)CC1. The van der Waals surface area contributed by atoms with Gasteiger partial charge in [-0.1, -0.05) is 108 Å². The second kappa shape index (κ2) is 29.9. The maximum Gasteiger partial charge on any atom is 0.209 e. The van der Waals surface area contributed by atoms with Gasteiger partial charge in [-0.05, 0) is 95.1 Å². The molecule has 0 radical (unpaired) electrons. The number of hydrogen-bond donors (Lipinski definition) is 1. The van der Waals surface area contributed by atoms with Crippen LogP contribution in [0.5, 0.6) is 0 Å². The van der Waals surface area contributed by atoms with Crippen molar-refractivity contribution in [3.05, 3.63) is 153 Å². The number of fused-ring (bicyclic) bond motifs is 4. The molecule has 1 atom stereocenters. The molecule has 1 aliphatic heterocycles. The second-order valence-corrected chi connectivity index (χ2v) is 20.4. The summed E-state index contributed by atoms with van der Waals surface area (Å²) in [5.74, 6) is 0. The van der Waals surface area contributed by atoms with Crippen molar-refractivity contribution in [3.8, 4) is 10.4 Å². The van der Waals surface area contributed by atoms with Crippen LogP contribution in [0.15, 0.2) is 121 Å². The predicted octanol–water partition coefficient (Wildman–Crippen LogP) is 11.5. The molecule has 0 aliphatic carbocycles. The molecule has 13 nitrogen and oxygen atoms in total. The molecule has 8 aromatic rings. The molecule has 1 unspecified atom stereocenters. The van der Waals surface area contributed by atoms with Gasteiger partial charge in [-0.15, -0.1) is 16.4 Å². The lowest BCUT2D eigenvalue weighted by molar-refractivity contribution is -0.120. The molecule has 1 amide bonds. The fraction of sp³-hybridized carbons (Fsp3) is 0.407. The molecule has 0 spiro atoms. The summed E-state index contributed by atoms with van der Waals surface area (Å²) in [4.78, 5) is 16.4. The number of amides is 1. The van der Waals surface area contributed by atoms with Crippen LogP contribution in [0.4, 0.5) is 0 Å². The zero-order valence-corrected chi connectivity index (χ0v) is 45.7. The number of nitrogens with one attached hydrogen (secondary N) is 1. The summed E-state index contributed by atoms with van der Waals surface area (Å²) < 4.78 is 33.2. The van der Waals surface area contributed by atoms with Crippen LogP contribution in [0.1, 0.15) is 55.2 Å². The zero-order valence-electron chi connectivity index (χ0n) is 43.3. The highest BCUT2D eigenvalue weighted by Gasteiger charge is 2.23. The molecule has 1 fully saturated rings. The topological polar surface area (TPSA) is 117 Å². The minimum absolute atomic E-state index is 0.191. The van der Waals surface area contributed by atoms with E-state index in [-0.39, 0.29) is 6.10 Å². The van der Waals surface area contributed by atoms with Gasteiger partial charge in [0.2, 0.25) is 6.41 Å². The summed E-state index contributed by atoms with van der Waals surface area (Å²) in [5.41, 5.74) is 8.24. The smallest absolute Gasteiger partial charge is 0.209 e. The number of carbonyl (C=O) groups is 1. The normalized spacial score (nSPS) is 13.5. The number of thiophene rings is 1. The average molecular weight is 1080 g/mol. The van der Waals surface area contributed by atoms with Gasteiger partial charge in [-0.3, -0.25) is 9.69 Å². The maximum absolute atomic E-state index is 11.0. The number of unbranched alkanes of at least 4 members (excludes halogenated alkanes) is 1. The van der Waals surface area contributed by atoms with Crippen LogP contribution in [0.25, 0.3) is 43.0 Å². The molecule has 398 valence electrons. The highest BCUT2D eigenvalue weighted by atomic mass is 35.5. The Morgan fingerprint density at radius 3 is 2.23 bits per heavy atom. The van der Waals surface area contributed by atoms with E-state index in [1.54, 1.807) is 22.3 Å². The molecule has 16 heteroatoms. The number of aryl methyl sites for hydroxylation is 2. The predicted molar refractivity (Wildman–Crippen MR) is 304 cm³/mol. The summed E-state index contributed by atoms with van der Waals surface area (Å²) in [6, 6.07) is 38.2. The van der Waals surface area contributed by atoms with Crippen molar-refractivity contribution in [2.75, 3.05) is 92.1 Å². The van der Waals surface area contributed by atoms with Crippen LogP contribution in [0.2, 0.25) is 10.0 Å². The molecule has 1 aliphatic rings. The van der Waals surface area contributed by atoms with E-state index >= 15 is 0 Å². The summed E-state index contributed by atoms with van der Waals surface area (Å²) >= 11 is 14.4. The summed E-state index contributed by atoms with van der Waals surface area (Å²) in [6.45, 7) is 16.5. The lowest BCUT2D eigenvalue weighted by Gasteiger charge is -2.35. The number of carbonyl (C=O) groups excluding carboxylic acids is 1. The van der Waals surface area contributed by atoms with Crippen molar-refractivity contribution in [1.82, 2.24) is 34.7 Å². The van der Waals surface area contributed by atoms with Crippen LogP contribution in [-0.4, -0.2) is 128 Å². The monoisotopic (exact) mass is 1080 g/mol. The highest BCUT2D eigenvalue weighted by Crippen LogP contribution is 2.35. The van der Waals surface area contributed by atoms with Crippen molar-refractivity contribution in [1.29, 1.82) is 0 Å². The molecular weight excluding hydrogens is 1010 g/mol. The Bertz CT molecular complexity index is 2980. The molecule has 0 saturated carbocycles. The van der Waals surface area contributed by atoms with Crippen molar-refractivity contribution in [2.45, 2.75) is 65.5 Å². The van der Waals surface area contributed by atoms with Gasteiger partial charge in [-0.25, -0.2) is 4.68 Å². The standard InChI is InChI=1S/C35H47N5O4S.C24H24Cl2N2O2/c1-3-5-7-30-27-39(38-37-30)14-16-42-18-20-44-22-21-43-19-17-41-15-13-36-26-28-9-12-33-32(24-28)31-11-10-29(35-8-6-23-45-35)25-34(31)40(33)4-2;25-21-7-8-22(23(26)14-21)24(15-27-9-11-28(17-29)12-10-27)30-16-18-5-6-19-3-1-2-4-20(19)13-18/h6,8-12,23-25,27,36H,3-5,7,13-22,26H2,1-2H3;1-8,13-14,17,24H,9-12,15-16H2. The van der Waals surface area contributed by atoms with E-state index < -0.39 is 0 Å². The average Bonchev–Trinajstić information content (AvgIpc) is 4.24. The van der Waals surface area contributed by atoms with Gasteiger partial charge in [0.25, 0.3) is 0 Å².